The van der Waals surface area contributed by atoms with Gasteiger partial charge in [-0.3, -0.25) is 0 Å². The van der Waals surface area contributed by atoms with Gasteiger partial charge in [0.25, 0.3) is 0 Å². The summed E-state index contributed by atoms with van der Waals surface area (Å²) in [4.78, 5) is 0. The molecule has 3 atom stereocenters. The highest BCUT2D eigenvalue weighted by Crippen LogP contribution is 2.26. The van der Waals surface area contributed by atoms with E-state index in [-0.39, 0.29) is 18.3 Å². The largest absolute Gasteiger partial charge is 0.374 e. The standard InChI is InChI=1S/C25H30O4/c1-2-15-26-16-9-14-23-17-24(28-19-22-12-7-4-8-13-22)25(29-23)20-27-18-21-10-5-3-6-11-21/h2-14,23-25H,1,15-20H2/t23-,24-,25+/m0/s1. The topological polar surface area (TPSA) is 36.9 Å². The zero-order valence-electron chi connectivity index (χ0n) is 16.8. The molecule has 0 saturated carbocycles. The number of benzene rings is 2. The second-order valence-electron chi connectivity index (χ2n) is 7.04. The Balaban J connectivity index is 1.51. The molecule has 154 valence electrons. The lowest BCUT2D eigenvalue weighted by Crippen LogP contribution is -2.29. The lowest BCUT2D eigenvalue weighted by atomic mass is 10.1. The lowest BCUT2D eigenvalue weighted by Gasteiger charge is -2.19. The predicted octanol–water partition coefficient (Wildman–Crippen LogP) is 4.70. The Bertz CT molecular complexity index is 729. The molecule has 1 aliphatic heterocycles. The molecule has 0 amide bonds. The summed E-state index contributed by atoms with van der Waals surface area (Å²) in [7, 11) is 0. The average molecular weight is 395 g/mol. The number of rotatable bonds is 12. The lowest BCUT2D eigenvalue weighted by molar-refractivity contribution is -0.0660. The summed E-state index contributed by atoms with van der Waals surface area (Å²) in [6.45, 7) is 6.40. The molecule has 0 unspecified atom stereocenters. The smallest absolute Gasteiger partial charge is 0.108 e. The van der Waals surface area contributed by atoms with Gasteiger partial charge < -0.3 is 18.9 Å². The van der Waals surface area contributed by atoms with Crippen LogP contribution in [0, 0.1) is 0 Å². The molecular weight excluding hydrogens is 364 g/mol. The van der Waals surface area contributed by atoms with Crippen molar-refractivity contribution in [1.29, 1.82) is 0 Å². The van der Waals surface area contributed by atoms with Gasteiger partial charge in [-0.25, -0.2) is 0 Å². The van der Waals surface area contributed by atoms with E-state index in [1.165, 1.54) is 0 Å². The molecule has 29 heavy (non-hydrogen) atoms. The van der Waals surface area contributed by atoms with E-state index in [0.717, 1.165) is 17.5 Å². The van der Waals surface area contributed by atoms with Crippen molar-refractivity contribution in [3.63, 3.8) is 0 Å². The van der Waals surface area contributed by atoms with E-state index in [2.05, 4.69) is 36.9 Å². The van der Waals surface area contributed by atoms with Crippen LogP contribution in [0.3, 0.4) is 0 Å². The Morgan fingerprint density at radius 1 is 0.897 bits per heavy atom. The van der Waals surface area contributed by atoms with Crippen LogP contribution in [0.25, 0.3) is 0 Å². The highest BCUT2D eigenvalue weighted by molar-refractivity contribution is 5.14. The summed E-state index contributed by atoms with van der Waals surface area (Å²) in [5.74, 6) is 0. The maximum absolute atomic E-state index is 6.20. The zero-order chi connectivity index (χ0) is 20.2. The molecule has 1 aliphatic rings. The molecule has 4 nitrogen and oxygen atoms in total. The molecule has 1 saturated heterocycles. The van der Waals surface area contributed by atoms with E-state index < -0.39 is 0 Å². The number of hydrogen-bond acceptors (Lipinski definition) is 4. The minimum Gasteiger partial charge on any atom is -0.374 e. The van der Waals surface area contributed by atoms with Crippen LogP contribution >= 0.6 is 0 Å². The maximum Gasteiger partial charge on any atom is 0.108 e. The molecule has 1 fully saturated rings. The fraction of sp³-hybridized carbons (Fsp3) is 0.360. The van der Waals surface area contributed by atoms with E-state index in [1.54, 1.807) is 6.08 Å². The highest BCUT2D eigenvalue weighted by atomic mass is 16.6. The quantitative estimate of drug-likeness (QED) is 0.386. The first-order chi connectivity index (χ1) is 14.3. The molecule has 0 bridgehead atoms. The van der Waals surface area contributed by atoms with Crippen LogP contribution in [-0.4, -0.2) is 38.1 Å². The molecule has 2 aromatic rings. The summed E-state index contributed by atoms with van der Waals surface area (Å²) >= 11 is 0. The summed E-state index contributed by atoms with van der Waals surface area (Å²) in [5, 5.41) is 0. The normalized spacial score (nSPS) is 21.6. The Morgan fingerprint density at radius 2 is 1.59 bits per heavy atom. The minimum atomic E-state index is -0.0915. The molecule has 4 heteroatoms. The average Bonchev–Trinajstić information content (AvgIpc) is 3.15. The fourth-order valence-corrected chi connectivity index (χ4v) is 3.27. The van der Waals surface area contributed by atoms with Crippen molar-refractivity contribution >= 4 is 0 Å². The van der Waals surface area contributed by atoms with Crippen molar-refractivity contribution in [2.75, 3.05) is 19.8 Å². The van der Waals surface area contributed by atoms with Gasteiger partial charge in [-0.1, -0.05) is 78.9 Å². The van der Waals surface area contributed by atoms with Crippen molar-refractivity contribution in [1.82, 2.24) is 0 Å². The summed E-state index contributed by atoms with van der Waals surface area (Å²) in [6, 6.07) is 20.4. The zero-order valence-corrected chi connectivity index (χ0v) is 16.8. The van der Waals surface area contributed by atoms with Crippen molar-refractivity contribution in [3.05, 3.63) is 96.6 Å². The molecule has 3 rings (SSSR count). The van der Waals surface area contributed by atoms with Gasteiger partial charge in [0, 0.05) is 6.42 Å². The van der Waals surface area contributed by atoms with E-state index >= 15 is 0 Å². The van der Waals surface area contributed by atoms with Gasteiger partial charge in [0.15, 0.2) is 0 Å². The second-order valence-corrected chi connectivity index (χ2v) is 7.04. The van der Waals surface area contributed by atoms with Gasteiger partial charge in [-0.15, -0.1) is 6.58 Å². The summed E-state index contributed by atoms with van der Waals surface area (Å²) in [5.41, 5.74) is 2.32. The molecule has 0 aliphatic carbocycles. The molecular formula is C25H30O4. The summed E-state index contributed by atoms with van der Waals surface area (Å²) in [6.07, 6.45) is 6.51. The molecule has 0 radical (unpaired) electrons. The Labute approximate surface area is 173 Å². The SMILES string of the molecule is C=CCOCC=C[C@H]1C[C@H](OCc2ccccc2)[C@@H](COCc2ccccc2)O1. The first-order valence-electron chi connectivity index (χ1n) is 10.1. The van der Waals surface area contributed by atoms with Gasteiger partial charge in [-0.2, -0.15) is 0 Å². The van der Waals surface area contributed by atoms with Crippen LogP contribution in [0.4, 0.5) is 0 Å². The Hall–Kier alpha value is -2.24. The fourth-order valence-electron chi connectivity index (χ4n) is 3.27. The molecule has 0 aromatic heterocycles. The molecule has 2 aromatic carbocycles. The Morgan fingerprint density at radius 3 is 2.28 bits per heavy atom. The van der Waals surface area contributed by atoms with E-state index in [4.69, 9.17) is 18.9 Å². The summed E-state index contributed by atoms with van der Waals surface area (Å²) < 4.78 is 23.7. The van der Waals surface area contributed by atoms with Crippen molar-refractivity contribution in [2.24, 2.45) is 0 Å². The Kier molecular flexibility index (Phi) is 9.14. The predicted molar refractivity (Wildman–Crippen MR) is 115 cm³/mol. The van der Waals surface area contributed by atoms with E-state index in [9.17, 15) is 0 Å². The van der Waals surface area contributed by atoms with Crippen LogP contribution < -0.4 is 0 Å². The van der Waals surface area contributed by atoms with Gasteiger partial charge in [-0.05, 0) is 11.1 Å². The van der Waals surface area contributed by atoms with E-state index in [1.807, 2.05) is 42.5 Å². The first-order valence-corrected chi connectivity index (χ1v) is 10.1. The number of ether oxygens (including phenoxy) is 4. The van der Waals surface area contributed by atoms with Crippen molar-refractivity contribution in [3.8, 4) is 0 Å². The third-order valence-corrected chi connectivity index (χ3v) is 4.73. The maximum atomic E-state index is 6.20. The van der Waals surface area contributed by atoms with Gasteiger partial charge in [0.2, 0.25) is 0 Å². The van der Waals surface area contributed by atoms with Gasteiger partial charge >= 0.3 is 0 Å². The van der Waals surface area contributed by atoms with Crippen LogP contribution in [0.2, 0.25) is 0 Å². The molecule has 1 heterocycles. The third kappa shape index (κ3) is 7.59. The van der Waals surface area contributed by atoms with Gasteiger partial charge in [0.1, 0.15) is 6.10 Å². The molecule has 0 spiro atoms. The van der Waals surface area contributed by atoms with Crippen LogP contribution in [0.15, 0.2) is 85.5 Å². The highest BCUT2D eigenvalue weighted by Gasteiger charge is 2.35. The third-order valence-electron chi connectivity index (χ3n) is 4.73. The van der Waals surface area contributed by atoms with Crippen LogP contribution in [0.1, 0.15) is 17.5 Å². The van der Waals surface area contributed by atoms with E-state index in [0.29, 0.717) is 33.0 Å². The van der Waals surface area contributed by atoms with Crippen molar-refractivity contribution < 1.29 is 18.9 Å². The first kappa shape index (κ1) is 21.5. The van der Waals surface area contributed by atoms with Gasteiger partial charge in [0.05, 0.1) is 45.2 Å². The van der Waals surface area contributed by atoms with Crippen LogP contribution in [0.5, 0.6) is 0 Å². The number of hydrogen-bond donors (Lipinski definition) is 0. The monoisotopic (exact) mass is 394 g/mol. The van der Waals surface area contributed by atoms with Crippen LogP contribution in [-0.2, 0) is 32.2 Å². The molecule has 0 N–H and O–H groups in total. The van der Waals surface area contributed by atoms with Crippen molar-refractivity contribution in [2.45, 2.75) is 37.9 Å². The minimum absolute atomic E-state index is 0.00489. The second kappa shape index (κ2) is 12.3.